The van der Waals surface area contributed by atoms with Crippen LogP contribution in [0.1, 0.15) is 5.69 Å². The van der Waals surface area contributed by atoms with Crippen LogP contribution in [-0.2, 0) is 6.61 Å². The summed E-state index contributed by atoms with van der Waals surface area (Å²) in [6, 6.07) is 7.92. The van der Waals surface area contributed by atoms with Crippen molar-refractivity contribution in [2.75, 3.05) is 0 Å². The first-order chi connectivity index (χ1) is 8.33. The second-order valence-electron chi connectivity index (χ2n) is 3.58. The Morgan fingerprint density at radius 3 is 3.12 bits per heavy atom. The van der Waals surface area contributed by atoms with Crippen LogP contribution in [0.5, 0.6) is 5.75 Å². The lowest BCUT2D eigenvalue weighted by Gasteiger charge is -2.05. The minimum atomic E-state index is 0.438. The number of aromatic amines is 1. The number of nitrogens with zero attached hydrogens (tertiary/aromatic N) is 1. The smallest absolute Gasteiger partial charge is 0.183 e. The van der Waals surface area contributed by atoms with E-state index in [-0.39, 0.29) is 0 Å². The standard InChI is InChI=1S/C12H9ClN2OS/c13-12-15-8(7-17-12)6-16-11-3-1-2-10-9(11)4-5-14-10/h1-5,7,14H,6H2. The molecule has 0 aliphatic carbocycles. The number of ether oxygens (including phenoxy) is 1. The van der Waals surface area contributed by atoms with Gasteiger partial charge in [0, 0.05) is 22.5 Å². The van der Waals surface area contributed by atoms with E-state index in [0.717, 1.165) is 22.3 Å². The lowest BCUT2D eigenvalue weighted by molar-refractivity contribution is 0.306. The molecule has 2 aromatic heterocycles. The first-order valence-electron chi connectivity index (χ1n) is 5.12. The number of benzene rings is 1. The molecule has 0 radical (unpaired) electrons. The Bertz CT molecular complexity index is 647. The van der Waals surface area contributed by atoms with E-state index in [4.69, 9.17) is 16.3 Å². The molecular weight excluding hydrogens is 256 g/mol. The molecule has 2 heterocycles. The van der Waals surface area contributed by atoms with Gasteiger partial charge in [-0.3, -0.25) is 0 Å². The van der Waals surface area contributed by atoms with Crippen molar-refractivity contribution in [2.45, 2.75) is 6.61 Å². The van der Waals surface area contributed by atoms with E-state index >= 15 is 0 Å². The normalized spacial score (nSPS) is 10.9. The van der Waals surface area contributed by atoms with Crippen LogP contribution >= 0.6 is 22.9 Å². The Kier molecular flexibility index (Phi) is 2.74. The summed E-state index contributed by atoms with van der Waals surface area (Å²) in [5.74, 6) is 0.855. The largest absolute Gasteiger partial charge is 0.487 e. The molecular formula is C12H9ClN2OS. The highest BCUT2D eigenvalue weighted by molar-refractivity contribution is 7.13. The molecule has 0 unspecified atom stereocenters. The second kappa shape index (κ2) is 4.39. The van der Waals surface area contributed by atoms with Crippen molar-refractivity contribution in [3.05, 3.63) is 46.0 Å². The lowest BCUT2D eigenvalue weighted by atomic mass is 10.2. The van der Waals surface area contributed by atoms with Gasteiger partial charge in [0.1, 0.15) is 12.4 Å². The van der Waals surface area contributed by atoms with Gasteiger partial charge in [-0.15, -0.1) is 11.3 Å². The average molecular weight is 265 g/mol. The van der Waals surface area contributed by atoms with Crippen LogP contribution in [0.3, 0.4) is 0 Å². The van der Waals surface area contributed by atoms with E-state index in [9.17, 15) is 0 Å². The summed E-state index contributed by atoms with van der Waals surface area (Å²) in [5, 5.41) is 2.98. The third-order valence-electron chi connectivity index (χ3n) is 2.45. The lowest BCUT2D eigenvalue weighted by Crippen LogP contribution is -1.95. The molecule has 0 saturated heterocycles. The maximum absolute atomic E-state index is 5.77. The number of halogens is 1. The molecule has 0 spiro atoms. The van der Waals surface area contributed by atoms with Gasteiger partial charge in [0.25, 0.3) is 0 Å². The molecule has 3 rings (SSSR count). The predicted molar refractivity (Wildman–Crippen MR) is 69.8 cm³/mol. The van der Waals surface area contributed by atoms with Gasteiger partial charge in [-0.05, 0) is 18.2 Å². The van der Waals surface area contributed by atoms with Crippen molar-refractivity contribution in [1.82, 2.24) is 9.97 Å². The number of H-pyrrole nitrogens is 1. The van der Waals surface area contributed by atoms with E-state index in [1.165, 1.54) is 11.3 Å². The quantitative estimate of drug-likeness (QED) is 0.780. The van der Waals surface area contributed by atoms with Gasteiger partial charge in [0.15, 0.2) is 4.47 Å². The minimum Gasteiger partial charge on any atom is -0.487 e. The van der Waals surface area contributed by atoms with Gasteiger partial charge < -0.3 is 9.72 Å². The molecule has 3 aromatic rings. The Morgan fingerprint density at radius 2 is 2.29 bits per heavy atom. The molecule has 0 amide bonds. The van der Waals surface area contributed by atoms with Crippen molar-refractivity contribution in [3.63, 3.8) is 0 Å². The first kappa shape index (κ1) is 10.6. The van der Waals surface area contributed by atoms with Crippen molar-refractivity contribution in [2.24, 2.45) is 0 Å². The zero-order valence-corrected chi connectivity index (χ0v) is 10.4. The highest BCUT2D eigenvalue weighted by atomic mass is 35.5. The van der Waals surface area contributed by atoms with E-state index in [1.807, 2.05) is 35.8 Å². The molecule has 0 fully saturated rings. The predicted octanol–water partition coefficient (Wildman–Crippen LogP) is 3.86. The van der Waals surface area contributed by atoms with Crippen LogP contribution in [0.2, 0.25) is 4.47 Å². The van der Waals surface area contributed by atoms with Gasteiger partial charge in [0.05, 0.1) is 5.69 Å². The zero-order chi connectivity index (χ0) is 11.7. The van der Waals surface area contributed by atoms with Gasteiger partial charge in [0.2, 0.25) is 0 Å². The van der Waals surface area contributed by atoms with Crippen molar-refractivity contribution < 1.29 is 4.74 Å². The summed E-state index contributed by atoms with van der Waals surface area (Å²) in [7, 11) is 0. The molecule has 1 N–H and O–H groups in total. The van der Waals surface area contributed by atoms with Crippen LogP contribution < -0.4 is 4.74 Å². The average Bonchev–Trinajstić information content (AvgIpc) is 2.94. The van der Waals surface area contributed by atoms with Crippen LogP contribution in [0.25, 0.3) is 10.9 Å². The van der Waals surface area contributed by atoms with Crippen molar-refractivity contribution in [1.29, 1.82) is 0 Å². The fourth-order valence-corrected chi connectivity index (χ4v) is 2.45. The number of rotatable bonds is 3. The maximum Gasteiger partial charge on any atom is 0.183 e. The molecule has 0 bridgehead atoms. The summed E-state index contributed by atoms with van der Waals surface area (Å²) in [6.45, 7) is 0.438. The third kappa shape index (κ3) is 2.14. The minimum absolute atomic E-state index is 0.438. The summed E-state index contributed by atoms with van der Waals surface area (Å²) in [4.78, 5) is 7.29. The van der Waals surface area contributed by atoms with Crippen molar-refractivity contribution >= 4 is 33.8 Å². The molecule has 0 atom stereocenters. The Morgan fingerprint density at radius 1 is 1.35 bits per heavy atom. The molecule has 0 aliphatic heterocycles. The summed E-state index contributed by atoms with van der Waals surface area (Å²) < 4.78 is 6.29. The third-order valence-corrected chi connectivity index (χ3v) is 3.48. The molecule has 86 valence electrons. The van der Waals surface area contributed by atoms with Crippen LogP contribution in [0, 0.1) is 0 Å². The Labute approximate surface area is 107 Å². The molecule has 17 heavy (non-hydrogen) atoms. The summed E-state index contributed by atoms with van der Waals surface area (Å²) in [5.41, 5.74) is 1.92. The fourth-order valence-electron chi connectivity index (χ4n) is 1.68. The Balaban J connectivity index is 1.83. The maximum atomic E-state index is 5.77. The number of nitrogens with one attached hydrogen (secondary N) is 1. The van der Waals surface area contributed by atoms with Crippen molar-refractivity contribution in [3.8, 4) is 5.75 Å². The second-order valence-corrected chi connectivity index (χ2v) is 5.02. The van der Waals surface area contributed by atoms with Gasteiger partial charge in [-0.2, -0.15) is 0 Å². The Hall–Kier alpha value is -1.52. The van der Waals surface area contributed by atoms with E-state index < -0.39 is 0 Å². The fraction of sp³-hybridized carbons (Fsp3) is 0.0833. The summed E-state index contributed by atoms with van der Waals surface area (Å²) >= 11 is 7.18. The number of hydrogen-bond acceptors (Lipinski definition) is 3. The van der Waals surface area contributed by atoms with E-state index in [1.54, 1.807) is 0 Å². The highest BCUT2D eigenvalue weighted by Crippen LogP contribution is 2.25. The topological polar surface area (TPSA) is 37.9 Å². The summed E-state index contributed by atoms with van der Waals surface area (Å²) in [6.07, 6.45) is 1.90. The molecule has 3 nitrogen and oxygen atoms in total. The van der Waals surface area contributed by atoms with Crippen LogP contribution in [0.4, 0.5) is 0 Å². The van der Waals surface area contributed by atoms with Gasteiger partial charge in [-0.25, -0.2) is 4.98 Å². The number of thiazole rings is 1. The molecule has 5 heteroatoms. The van der Waals surface area contributed by atoms with Crippen LogP contribution in [0.15, 0.2) is 35.8 Å². The monoisotopic (exact) mass is 264 g/mol. The van der Waals surface area contributed by atoms with E-state index in [0.29, 0.717) is 11.1 Å². The van der Waals surface area contributed by atoms with E-state index in [2.05, 4.69) is 9.97 Å². The molecule has 0 aliphatic rings. The van der Waals surface area contributed by atoms with Gasteiger partial charge >= 0.3 is 0 Å². The first-order valence-corrected chi connectivity index (χ1v) is 6.37. The molecule has 1 aromatic carbocycles. The number of aromatic nitrogens is 2. The van der Waals surface area contributed by atoms with Crippen LogP contribution in [-0.4, -0.2) is 9.97 Å². The molecule has 0 saturated carbocycles. The number of fused-ring (bicyclic) bond motifs is 1. The zero-order valence-electron chi connectivity index (χ0n) is 8.81. The highest BCUT2D eigenvalue weighted by Gasteiger charge is 2.04. The van der Waals surface area contributed by atoms with Gasteiger partial charge in [-0.1, -0.05) is 17.7 Å². The SMILES string of the molecule is Clc1nc(COc2cccc3[nH]ccc23)cs1. The number of hydrogen-bond donors (Lipinski definition) is 1.